The average Bonchev–Trinajstić information content (AvgIpc) is 2.76. The van der Waals surface area contributed by atoms with Crippen LogP contribution in [-0.4, -0.2) is 0 Å². The number of rotatable bonds is 3. The van der Waals surface area contributed by atoms with Gasteiger partial charge in [-0.05, 0) is 53.0 Å². The number of benzene rings is 2. The topological polar surface area (TPSA) is 26.0 Å². The Kier molecular flexibility index (Phi) is 4.10. The van der Waals surface area contributed by atoms with Crippen LogP contribution in [0.3, 0.4) is 0 Å². The fourth-order valence-corrected chi connectivity index (χ4v) is 4.10. The molecule has 122 valence electrons. The van der Waals surface area contributed by atoms with Crippen LogP contribution in [0, 0.1) is 12.3 Å². The SMILES string of the molecule is CCc1ccc(C(C)c2cccc(C)c2)c2c1C(N)C(C)(C)C2. The Hall–Kier alpha value is -1.60. The Morgan fingerprint density at radius 1 is 1.22 bits per heavy atom. The Bertz CT molecular complexity index is 727. The molecular formula is C22H29N. The maximum Gasteiger partial charge on any atom is 0.0355 e. The minimum Gasteiger partial charge on any atom is -0.323 e. The summed E-state index contributed by atoms with van der Waals surface area (Å²) >= 11 is 0. The summed E-state index contributed by atoms with van der Waals surface area (Å²) in [5, 5.41) is 0. The molecule has 1 nitrogen and oxygen atoms in total. The zero-order chi connectivity index (χ0) is 16.8. The predicted molar refractivity (Wildman–Crippen MR) is 98.9 cm³/mol. The van der Waals surface area contributed by atoms with Crippen LogP contribution in [-0.2, 0) is 12.8 Å². The summed E-state index contributed by atoms with van der Waals surface area (Å²) in [5.74, 6) is 0.413. The highest BCUT2D eigenvalue weighted by atomic mass is 14.7. The summed E-state index contributed by atoms with van der Waals surface area (Å²) in [4.78, 5) is 0. The lowest BCUT2D eigenvalue weighted by molar-refractivity contribution is 0.318. The lowest BCUT2D eigenvalue weighted by Crippen LogP contribution is -2.25. The van der Waals surface area contributed by atoms with Gasteiger partial charge in [-0.2, -0.15) is 0 Å². The molecule has 0 saturated heterocycles. The lowest BCUT2D eigenvalue weighted by Gasteiger charge is -2.24. The van der Waals surface area contributed by atoms with Crippen LogP contribution in [0.15, 0.2) is 36.4 Å². The monoisotopic (exact) mass is 307 g/mol. The van der Waals surface area contributed by atoms with Crippen LogP contribution in [0.4, 0.5) is 0 Å². The molecule has 1 aliphatic rings. The molecule has 2 N–H and O–H groups in total. The average molecular weight is 307 g/mol. The third-order valence-corrected chi connectivity index (χ3v) is 5.66. The van der Waals surface area contributed by atoms with E-state index in [-0.39, 0.29) is 11.5 Å². The van der Waals surface area contributed by atoms with Crippen LogP contribution in [0.5, 0.6) is 0 Å². The van der Waals surface area contributed by atoms with E-state index < -0.39 is 0 Å². The molecule has 3 rings (SSSR count). The number of hydrogen-bond acceptors (Lipinski definition) is 1. The smallest absolute Gasteiger partial charge is 0.0355 e. The highest BCUT2D eigenvalue weighted by Crippen LogP contribution is 2.48. The van der Waals surface area contributed by atoms with E-state index in [2.05, 4.69) is 71.0 Å². The van der Waals surface area contributed by atoms with Crippen LogP contribution in [0.2, 0.25) is 0 Å². The van der Waals surface area contributed by atoms with E-state index in [0.717, 1.165) is 12.8 Å². The van der Waals surface area contributed by atoms with Crippen molar-refractivity contribution in [2.45, 2.75) is 59.4 Å². The van der Waals surface area contributed by atoms with Gasteiger partial charge in [-0.3, -0.25) is 0 Å². The molecule has 0 spiro atoms. The summed E-state index contributed by atoms with van der Waals surface area (Å²) in [6.07, 6.45) is 2.15. The second kappa shape index (κ2) is 5.79. The molecule has 0 fully saturated rings. The van der Waals surface area contributed by atoms with E-state index in [1.807, 2.05) is 0 Å². The van der Waals surface area contributed by atoms with Crippen molar-refractivity contribution in [3.8, 4) is 0 Å². The number of nitrogens with two attached hydrogens (primary N) is 1. The van der Waals surface area contributed by atoms with Crippen LogP contribution in [0.25, 0.3) is 0 Å². The molecule has 0 bridgehead atoms. The van der Waals surface area contributed by atoms with Gasteiger partial charge in [0.2, 0.25) is 0 Å². The number of fused-ring (bicyclic) bond motifs is 1. The zero-order valence-corrected chi connectivity index (χ0v) is 15.1. The number of aryl methyl sites for hydroxylation is 2. The van der Waals surface area contributed by atoms with Gasteiger partial charge in [0.1, 0.15) is 0 Å². The van der Waals surface area contributed by atoms with Gasteiger partial charge in [0.05, 0.1) is 0 Å². The standard InChI is InChI=1S/C22H29N/c1-6-16-10-11-18(15(3)17-9-7-8-14(2)12-17)19-13-22(4,5)21(23)20(16)19/h7-12,15,21H,6,13,23H2,1-5H3. The Labute approximate surface area is 140 Å². The zero-order valence-electron chi connectivity index (χ0n) is 15.1. The minimum absolute atomic E-state index is 0.148. The molecule has 0 aliphatic heterocycles. The molecule has 0 heterocycles. The van der Waals surface area contributed by atoms with Crippen molar-refractivity contribution in [3.63, 3.8) is 0 Å². The van der Waals surface area contributed by atoms with Crippen LogP contribution < -0.4 is 5.73 Å². The molecule has 2 unspecified atom stereocenters. The van der Waals surface area contributed by atoms with Crippen LogP contribution >= 0.6 is 0 Å². The van der Waals surface area contributed by atoms with Crippen LogP contribution in [0.1, 0.15) is 73.0 Å². The molecule has 2 aromatic rings. The maximum absolute atomic E-state index is 6.63. The first-order valence-electron chi connectivity index (χ1n) is 8.82. The minimum atomic E-state index is 0.148. The quantitative estimate of drug-likeness (QED) is 0.819. The number of hydrogen-bond donors (Lipinski definition) is 1. The first kappa shape index (κ1) is 16.3. The van der Waals surface area contributed by atoms with E-state index in [1.54, 1.807) is 0 Å². The van der Waals surface area contributed by atoms with Crippen molar-refractivity contribution < 1.29 is 0 Å². The largest absolute Gasteiger partial charge is 0.323 e. The molecule has 2 aromatic carbocycles. The van der Waals surface area contributed by atoms with E-state index in [0.29, 0.717) is 5.92 Å². The van der Waals surface area contributed by atoms with Crippen molar-refractivity contribution in [1.82, 2.24) is 0 Å². The van der Waals surface area contributed by atoms with Gasteiger partial charge < -0.3 is 5.73 Å². The highest BCUT2D eigenvalue weighted by Gasteiger charge is 2.39. The molecule has 0 amide bonds. The fourth-order valence-electron chi connectivity index (χ4n) is 4.10. The summed E-state index contributed by atoms with van der Waals surface area (Å²) in [6, 6.07) is 13.7. The van der Waals surface area contributed by atoms with Gasteiger partial charge in [0, 0.05) is 12.0 Å². The highest BCUT2D eigenvalue weighted by molar-refractivity contribution is 5.51. The van der Waals surface area contributed by atoms with E-state index in [4.69, 9.17) is 5.73 Å². The third-order valence-electron chi connectivity index (χ3n) is 5.66. The molecule has 1 aliphatic carbocycles. The molecule has 0 saturated carbocycles. The first-order valence-corrected chi connectivity index (χ1v) is 8.82. The third kappa shape index (κ3) is 2.72. The van der Waals surface area contributed by atoms with Gasteiger partial charge in [-0.1, -0.05) is 69.7 Å². The summed E-state index contributed by atoms with van der Waals surface area (Å²) in [6.45, 7) is 11.3. The van der Waals surface area contributed by atoms with E-state index in [1.165, 1.54) is 33.4 Å². The Morgan fingerprint density at radius 2 is 1.96 bits per heavy atom. The second-order valence-electron chi connectivity index (χ2n) is 7.84. The fraction of sp³-hybridized carbons (Fsp3) is 0.455. The van der Waals surface area contributed by atoms with Crippen molar-refractivity contribution in [2.24, 2.45) is 11.1 Å². The van der Waals surface area contributed by atoms with Crippen molar-refractivity contribution in [2.75, 3.05) is 0 Å². The molecule has 0 radical (unpaired) electrons. The van der Waals surface area contributed by atoms with Crippen molar-refractivity contribution in [1.29, 1.82) is 0 Å². The van der Waals surface area contributed by atoms with Crippen molar-refractivity contribution in [3.05, 3.63) is 69.8 Å². The van der Waals surface area contributed by atoms with Gasteiger partial charge in [0.25, 0.3) is 0 Å². The molecule has 0 aromatic heterocycles. The second-order valence-corrected chi connectivity index (χ2v) is 7.84. The molecular weight excluding hydrogens is 278 g/mol. The molecule has 23 heavy (non-hydrogen) atoms. The Balaban J connectivity index is 2.12. The van der Waals surface area contributed by atoms with Gasteiger partial charge in [-0.25, -0.2) is 0 Å². The van der Waals surface area contributed by atoms with E-state index in [9.17, 15) is 0 Å². The van der Waals surface area contributed by atoms with Gasteiger partial charge in [0.15, 0.2) is 0 Å². The lowest BCUT2D eigenvalue weighted by atomic mass is 9.85. The first-order chi connectivity index (χ1) is 10.8. The summed E-state index contributed by atoms with van der Waals surface area (Å²) < 4.78 is 0. The maximum atomic E-state index is 6.63. The predicted octanol–water partition coefficient (Wildman–Crippen LogP) is 5.29. The van der Waals surface area contributed by atoms with Crippen molar-refractivity contribution >= 4 is 0 Å². The normalized spacial score (nSPS) is 20.3. The molecule has 1 heteroatoms. The van der Waals surface area contributed by atoms with Gasteiger partial charge >= 0.3 is 0 Å². The molecule has 2 atom stereocenters. The van der Waals surface area contributed by atoms with E-state index >= 15 is 0 Å². The summed E-state index contributed by atoms with van der Waals surface area (Å²) in [7, 11) is 0. The van der Waals surface area contributed by atoms with Gasteiger partial charge in [-0.15, -0.1) is 0 Å². The summed E-state index contributed by atoms with van der Waals surface area (Å²) in [5.41, 5.74) is 15.3. The Morgan fingerprint density at radius 3 is 2.61 bits per heavy atom.